The number of aliphatic carboxylic acids is 1. The number of carboxylic acid groups (broad SMARTS) is 1. The van der Waals surface area contributed by atoms with Crippen molar-refractivity contribution in [3.8, 4) is 28.7 Å². The molecule has 1 aliphatic rings. The molecule has 0 amide bonds. The summed E-state index contributed by atoms with van der Waals surface area (Å²) in [5.74, 6) is 8.66. The minimum atomic E-state index is -0.851. The van der Waals surface area contributed by atoms with Crippen LogP contribution in [0.1, 0.15) is 60.3 Å². The number of hydrogen-bond donors (Lipinski definition) is 1. The van der Waals surface area contributed by atoms with Gasteiger partial charge in [0.05, 0.1) is 12.3 Å². The van der Waals surface area contributed by atoms with Crippen LogP contribution in [-0.2, 0) is 11.4 Å². The van der Waals surface area contributed by atoms with Crippen LogP contribution < -0.4 is 4.74 Å². The van der Waals surface area contributed by atoms with Gasteiger partial charge in [0.25, 0.3) is 0 Å². The second-order valence-electron chi connectivity index (χ2n) is 9.84. The topological polar surface area (TPSA) is 46.5 Å². The lowest BCUT2D eigenvalue weighted by atomic mass is 9.89. The molecule has 1 unspecified atom stereocenters. The molecule has 2 heterocycles. The highest BCUT2D eigenvalue weighted by Gasteiger charge is 2.18. The number of fused-ring (bicyclic) bond motifs is 1. The summed E-state index contributed by atoms with van der Waals surface area (Å²) in [6.07, 6.45) is 2.56. The standard InChI is InChI=1S/C33H32O3S2/c1-3-4-26(19-33(34)35)24-6-9-28(10-7-24)36-20-23-5-12-32-30(18-23)31(21-38-32)29-11-8-27(17-22(29)2)25-13-15-37-16-14-25/h5-12,17-18,21,25-26H,13-16,19-20H2,1-2H3,(H,34,35). The molecule has 0 radical (unpaired) electrons. The molecular formula is C33H32O3S2. The fraction of sp³-hybridized carbons (Fsp3) is 0.303. The van der Waals surface area contributed by atoms with Crippen molar-refractivity contribution in [1.82, 2.24) is 0 Å². The van der Waals surface area contributed by atoms with Gasteiger partial charge in [0, 0.05) is 15.6 Å². The molecular weight excluding hydrogens is 508 g/mol. The Bertz CT molecular complexity index is 1480. The molecule has 38 heavy (non-hydrogen) atoms. The van der Waals surface area contributed by atoms with Crippen LogP contribution in [0.2, 0.25) is 0 Å². The number of hydrogen-bond acceptors (Lipinski definition) is 4. The summed E-state index contributed by atoms with van der Waals surface area (Å²) in [5, 5.41) is 12.7. The Morgan fingerprint density at radius 1 is 1.05 bits per heavy atom. The normalized spacial score (nSPS) is 14.6. The largest absolute Gasteiger partial charge is 0.489 e. The predicted molar refractivity (Wildman–Crippen MR) is 161 cm³/mol. The molecule has 1 N–H and O–H groups in total. The van der Waals surface area contributed by atoms with Gasteiger partial charge >= 0.3 is 5.97 Å². The van der Waals surface area contributed by atoms with Gasteiger partial charge in [-0.2, -0.15) is 11.8 Å². The third kappa shape index (κ3) is 6.09. The van der Waals surface area contributed by atoms with Gasteiger partial charge < -0.3 is 9.84 Å². The third-order valence-electron chi connectivity index (χ3n) is 7.26. The van der Waals surface area contributed by atoms with E-state index in [2.05, 4.69) is 72.3 Å². The predicted octanol–water partition coefficient (Wildman–Crippen LogP) is 8.65. The van der Waals surface area contributed by atoms with Crippen LogP contribution in [0, 0.1) is 18.8 Å². The summed E-state index contributed by atoms with van der Waals surface area (Å²) in [5.41, 5.74) is 7.45. The lowest BCUT2D eigenvalue weighted by Gasteiger charge is -2.22. The maximum absolute atomic E-state index is 11.2. The van der Waals surface area contributed by atoms with Crippen molar-refractivity contribution in [3.05, 3.63) is 88.3 Å². The summed E-state index contributed by atoms with van der Waals surface area (Å²) in [6.45, 7) is 4.44. The molecule has 0 spiro atoms. The van der Waals surface area contributed by atoms with Gasteiger partial charge in [-0.15, -0.1) is 17.3 Å². The van der Waals surface area contributed by atoms with E-state index in [0.29, 0.717) is 12.5 Å². The fourth-order valence-corrected chi connectivity index (χ4v) is 7.26. The van der Waals surface area contributed by atoms with Crippen molar-refractivity contribution in [2.45, 2.75) is 51.6 Å². The van der Waals surface area contributed by atoms with Crippen LogP contribution in [0.5, 0.6) is 5.75 Å². The molecule has 0 aliphatic carbocycles. The molecule has 0 bridgehead atoms. The van der Waals surface area contributed by atoms with E-state index in [9.17, 15) is 9.90 Å². The number of thioether (sulfide) groups is 1. The first-order valence-corrected chi connectivity index (χ1v) is 15.1. The molecule has 5 rings (SSSR count). The van der Waals surface area contributed by atoms with Crippen molar-refractivity contribution in [1.29, 1.82) is 0 Å². The molecule has 5 heteroatoms. The number of rotatable bonds is 8. The fourth-order valence-electron chi connectivity index (χ4n) is 5.21. The average molecular weight is 541 g/mol. The van der Waals surface area contributed by atoms with Crippen molar-refractivity contribution in [3.63, 3.8) is 0 Å². The summed E-state index contributed by atoms with van der Waals surface area (Å²) in [6, 6.07) is 21.2. The summed E-state index contributed by atoms with van der Waals surface area (Å²) in [4.78, 5) is 11.2. The Kier molecular flexibility index (Phi) is 8.42. The second kappa shape index (κ2) is 12.1. The van der Waals surface area contributed by atoms with Crippen LogP contribution in [0.15, 0.2) is 66.0 Å². The molecule has 1 saturated heterocycles. The highest BCUT2D eigenvalue weighted by molar-refractivity contribution is 7.99. The van der Waals surface area contributed by atoms with E-state index >= 15 is 0 Å². The first-order chi connectivity index (χ1) is 18.5. The molecule has 3 nitrogen and oxygen atoms in total. The summed E-state index contributed by atoms with van der Waals surface area (Å²) >= 11 is 3.86. The van der Waals surface area contributed by atoms with Gasteiger partial charge in [-0.3, -0.25) is 4.79 Å². The van der Waals surface area contributed by atoms with Gasteiger partial charge in [-0.1, -0.05) is 42.3 Å². The molecule has 194 valence electrons. The Morgan fingerprint density at radius 2 is 1.84 bits per heavy atom. The lowest BCUT2D eigenvalue weighted by Crippen LogP contribution is -2.08. The van der Waals surface area contributed by atoms with Crippen LogP contribution in [0.25, 0.3) is 21.2 Å². The molecule has 1 aliphatic heterocycles. The molecule has 1 aromatic heterocycles. The van der Waals surface area contributed by atoms with Crippen LogP contribution in [-0.4, -0.2) is 22.6 Å². The van der Waals surface area contributed by atoms with Crippen LogP contribution >= 0.6 is 23.1 Å². The SMILES string of the molecule is CC#CC(CC(=O)O)c1ccc(OCc2ccc3scc(-c4ccc(C5CCSCC5)cc4C)c3c2)cc1. The third-order valence-corrected chi connectivity index (χ3v) is 9.27. The van der Waals surface area contributed by atoms with Crippen molar-refractivity contribution >= 4 is 39.2 Å². The Labute approximate surface area is 233 Å². The minimum Gasteiger partial charge on any atom is -0.489 e. The van der Waals surface area contributed by atoms with E-state index in [1.54, 1.807) is 18.3 Å². The van der Waals surface area contributed by atoms with Gasteiger partial charge in [0.1, 0.15) is 12.4 Å². The first-order valence-electron chi connectivity index (χ1n) is 13.1. The molecule has 4 aromatic rings. The van der Waals surface area contributed by atoms with Crippen molar-refractivity contribution < 1.29 is 14.6 Å². The van der Waals surface area contributed by atoms with Crippen LogP contribution in [0.4, 0.5) is 0 Å². The van der Waals surface area contributed by atoms with E-state index in [1.807, 2.05) is 24.3 Å². The number of carboxylic acids is 1. The van der Waals surface area contributed by atoms with Gasteiger partial charge in [-0.05, 0) is 102 Å². The number of ether oxygens (including phenoxy) is 1. The molecule has 1 fully saturated rings. The van der Waals surface area contributed by atoms with Crippen molar-refractivity contribution in [2.24, 2.45) is 0 Å². The quantitative estimate of drug-likeness (QED) is 0.227. The van der Waals surface area contributed by atoms with E-state index < -0.39 is 5.97 Å². The lowest BCUT2D eigenvalue weighted by molar-refractivity contribution is -0.137. The first kappa shape index (κ1) is 26.4. The zero-order valence-electron chi connectivity index (χ0n) is 21.8. The number of aryl methyl sites for hydroxylation is 1. The maximum atomic E-state index is 11.2. The van der Waals surface area contributed by atoms with Gasteiger partial charge in [0.2, 0.25) is 0 Å². The summed E-state index contributed by atoms with van der Waals surface area (Å²) < 4.78 is 7.37. The average Bonchev–Trinajstić information content (AvgIpc) is 3.35. The molecule has 3 aromatic carbocycles. The number of benzene rings is 3. The molecule has 1 atom stereocenters. The van der Waals surface area contributed by atoms with Gasteiger partial charge in [-0.25, -0.2) is 0 Å². The Morgan fingerprint density at radius 3 is 2.55 bits per heavy atom. The number of thiophene rings is 1. The Hall–Kier alpha value is -3.20. The number of carbonyl (C=O) groups is 1. The second-order valence-corrected chi connectivity index (χ2v) is 12.0. The highest BCUT2D eigenvalue weighted by atomic mass is 32.2. The highest BCUT2D eigenvalue weighted by Crippen LogP contribution is 2.39. The van der Waals surface area contributed by atoms with E-state index in [-0.39, 0.29) is 12.3 Å². The summed E-state index contributed by atoms with van der Waals surface area (Å²) in [7, 11) is 0. The van der Waals surface area contributed by atoms with E-state index in [0.717, 1.165) is 16.9 Å². The van der Waals surface area contributed by atoms with E-state index in [1.165, 1.54) is 56.7 Å². The van der Waals surface area contributed by atoms with Gasteiger partial charge in [0.15, 0.2) is 0 Å². The smallest absolute Gasteiger partial charge is 0.304 e. The van der Waals surface area contributed by atoms with E-state index in [4.69, 9.17) is 4.74 Å². The molecule has 0 saturated carbocycles. The maximum Gasteiger partial charge on any atom is 0.304 e. The van der Waals surface area contributed by atoms with Crippen LogP contribution in [0.3, 0.4) is 0 Å². The minimum absolute atomic E-state index is 0.00796. The Balaban J connectivity index is 1.31. The van der Waals surface area contributed by atoms with Crippen molar-refractivity contribution in [2.75, 3.05) is 11.5 Å². The monoisotopic (exact) mass is 540 g/mol. The zero-order chi connectivity index (χ0) is 26.5. The zero-order valence-corrected chi connectivity index (χ0v) is 23.5.